The Balaban J connectivity index is 1.77. The van der Waals surface area contributed by atoms with Gasteiger partial charge in [-0.2, -0.15) is 0 Å². The van der Waals surface area contributed by atoms with Gasteiger partial charge in [0.25, 0.3) is 0 Å². The minimum atomic E-state index is -0.548. The SMILES string of the molecule is CCOC(=O)C1=C(Nc2ccc(F)cc2)CC(c2ccc(C)cc2)N(c2ccc(F)cc2)C1c1ccc(C)cc1. The van der Waals surface area contributed by atoms with Crippen molar-refractivity contribution in [2.45, 2.75) is 39.3 Å². The van der Waals surface area contributed by atoms with Gasteiger partial charge in [-0.15, -0.1) is 0 Å². The Morgan fingerprint density at radius 1 is 0.800 bits per heavy atom. The van der Waals surface area contributed by atoms with Gasteiger partial charge in [-0.25, -0.2) is 13.6 Å². The summed E-state index contributed by atoms with van der Waals surface area (Å²) in [5.41, 5.74) is 6.77. The average molecular weight is 539 g/mol. The third kappa shape index (κ3) is 5.76. The van der Waals surface area contributed by atoms with Crippen LogP contribution in [-0.2, 0) is 9.53 Å². The summed E-state index contributed by atoms with van der Waals surface area (Å²) in [7, 11) is 0. The van der Waals surface area contributed by atoms with Crippen LogP contribution in [0.4, 0.5) is 20.2 Å². The molecule has 0 amide bonds. The van der Waals surface area contributed by atoms with Crippen LogP contribution in [0.3, 0.4) is 0 Å². The van der Waals surface area contributed by atoms with Gasteiger partial charge < -0.3 is 15.0 Å². The van der Waals surface area contributed by atoms with Crippen LogP contribution in [-0.4, -0.2) is 12.6 Å². The fourth-order valence-corrected chi connectivity index (χ4v) is 5.24. The molecule has 4 aromatic rings. The summed E-state index contributed by atoms with van der Waals surface area (Å²) in [5.74, 6) is -1.11. The van der Waals surface area contributed by atoms with Gasteiger partial charge in [-0.05, 0) is 80.4 Å². The highest BCUT2D eigenvalue weighted by molar-refractivity contribution is 5.93. The highest BCUT2D eigenvalue weighted by Gasteiger charge is 2.41. The van der Waals surface area contributed by atoms with Gasteiger partial charge in [0.15, 0.2) is 0 Å². The molecular weight excluding hydrogens is 506 g/mol. The molecule has 2 atom stereocenters. The maximum Gasteiger partial charge on any atom is 0.338 e. The Labute approximate surface area is 233 Å². The molecule has 4 nitrogen and oxygen atoms in total. The number of halogens is 2. The first-order valence-electron chi connectivity index (χ1n) is 13.4. The number of nitrogens with one attached hydrogen (secondary N) is 1. The number of nitrogens with zero attached hydrogens (tertiary/aromatic N) is 1. The van der Waals surface area contributed by atoms with Gasteiger partial charge in [0, 0.05) is 23.5 Å². The molecule has 40 heavy (non-hydrogen) atoms. The molecule has 2 unspecified atom stereocenters. The summed E-state index contributed by atoms with van der Waals surface area (Å²) in [6.07, 6.45) is 0.439. The molecule has 0 aromatic heterocycles. The van der Waals surface area contributed by atoms with E-state index < -0.39 is 12.0 Å². The number of anilines is 2. The maximum absolute atomic E-state index is 14.1. The first-order chi connectivity index (χ1) is 19.3. The van der Waals surface area contributed by atoms with Gasteiger partial charge in [-0.1, -0.05) is 59.7 Å². The van der Waals surface area contributed by atoms with Gasteiger partial charge in [-0.3, -0.25) is 0 Å². The van der Waals surface area contributed by atoms with E-state index in [1.807, 2.05) is 38.1 Å². The number of esters is 1. The molecule has 0 saturated carbocycles. The molecule has 1 N–H and O–H groups in total. The molecule has 0 radical (unpaired) electrons. The molecule has 4 aromatic carbocycles. The van der Waals surface area contributed by atoms with Crippen LogP contribution in [0.15, 0.2) is 108 Å². The number of aryl methyl sites for hydroxylation is 2. The topological polar surface area (TPSA) is 41.6 Å². The smallest absolute Gasteiger partial charge is 0.338 e. The van der Waals surface area contributed by atoms with E-state index in [2.05, 4.69) is 34.5 Å². The van der Waals surface area contributed by atoms with Crippen molar-refractivity contribution in [1.82, 2.24) is 0 Å². The summed E-state index contributed by atoms with van der Waals surface area (Å²) >= 11 is 0. The third-order valence-electron chi connectivity index (χ3n) is 7.22. The number of hydrogen-bond donors (Lipinski definition) is 1. The van der Waals surface area contributed by atoms with Crippen LogP contribution in [0.5, 0.6) is 0 Å². The van der Waals surface area contributed by atoms with Crippen LogP contribution >= 0.6 is 0 Å². The van der Waals surface area contributed by atoms with Gasteiger partial charge in [0.1, 0.15) is 11.6 Å². The number of hydrogen-bond acceptors (Lipinski definition) is 4. The average Bonchev–Trinajstić information content (AvgIpc) is 2.95. The highest BCUT2D eigenvalue weighted by Crippen LogP contribution is 2.48. The van der Waals surface area contributed by atoms with Gasteiger partial charge >= 0.3 is 5.97 Å². The van der Waals surface area contributed by atoms with Crippen molar-refractivity contribution in [3.05, 3.63) is 142 Å². The fourth-order valence-electron chi connectivity index (χ4n) is 5.24. The first kappa shape index (κ1) is 27.1. The van der Waals surface area contributed by atoms with E-state index in [1.165, 1.54) is 24.3 Å². The Bertz CT molecular complexity index is 1500. The summed E-state index contributed by atoms with van der Waals surface area (Å²) in [5, 5.41) is 3.43. The zero-order valence-electron chi connectivity index (χ0n) is 22.8. The minimum Gasteiger partial charge on any atom is -0.463 e. The van der Waals surface area contributed by atoms with E-state index in [1.54, 1.807) is 31.2 Å². The maximum atomic E-state index is 14.1. The monoisotopic (exact) mass is 538 g/mol. The van der Waals surface area contributed by atoms with Gasteiger partial charge in [0.05, 0.1) is 24.3 Å². The summed E-state index contributed by atoms with van der Waals surface area (Å²) < 4.78 is 33.4. The largest absolute Gasteiger partial charge is 0.463 e. The standard InChI is InChI=1S/C34H32F2N2O2/c1-4-40-34(39)32-30(37-28-17-13-26(35)14-18-28)21-31(24-9-5-22(2)6-10-24)38(29-19-15-27(36)16-20-29)33(32)25-11-7-23(3)8-12-25/h5-20,31,33,37H,4,21H2,1-3H3. The Kier molecular flexibility index (Phi) is 7.96. The van der Waals surface area contributed by atoms with E-state index in [0.29, 0.717) is 23.4 Å². The lowest BCUT2D eigenvalue weighted by Crippen LogP contribution is -2.41. The molecular formula is C34H32F2N2O2. The second kappa shape index (κ2) is 11.7. The van der Waals surface area contributed by atoms with Crippen molar-refractivity contribution < 1.29 is 18.3 Å². The van der Waals surface area contributed by atoms with Crippen LogP contribution < -0.4 is 10.2 Å². The Morgan fingerprint density at radius 2 is 1.32 bits per heavy atom. The number of carbonyl (C=O) groups excluding carboxylic acids is 1. The minimum absolute atomic E-state index is 0.210. The Hall–Kier alpha value is -4.45. The number of rotatable bonds is 7. The number of benzene rings is 4. The molecule has 6 heteroatoms. The van der Waals surface area contributed by atoms with Crippen LogP contribution in [0.1, 0.15) is 47.7 Å². The van der Waals surface area contributed by atoms with Crippen molar-refractivity contribution >= 4 is 17.3 Å². The predicted octanol–water partition coefficient (Wildman–Crippen LogP) is 8.20. The lowest BCUT2D eigenvalue weighted by Gasteiger charge is -2.46. The molecule has 1 heterocycles. The molecule has 0 bridgehead atoms. The molecule has 0 fully saturated rings. The Morgan fingerprint density at radius 3 is 1.88 bits per heavy atom. The lowest BCUT2D eigenvalue weighted by atomic mass is 9.83. The molecule has 0 spiro atoms. The second-order valence-corrected chi connectivity index (χ2v) is 10.1. The van der Waals surface area contributed by atoms with Crippen LogP contribution in [0.2, 0.25) is 0 Å². The van der Waals surface area contributed by atoms with E-state index in [0.717, 1.165) is 27.9 Å². The van der Waals surface area contributed by atoms with Crippen LogP contribution in [0, 0.1) is 25.5 Å². The summed E-state index contributed by atoms with van der Waals surface area (Å²) in [6.45, 7) is 6.05. The predicted molar refractivity (Wildman–Crippen MR) is 155 cm³/mol. The normalized spacial score (nSPS) is 17.1. The highest BCUT2D eigenvalue weighted by atomic mass is 19.1. The van der Waals surface area contributed by atoms with Crippen LogP contribution in [0.25, 0.3) is 0 Å². The van der Waals surface area contributed by atoms with Crippen molar-refractivity contribution in [1.29, 1.82) is 0 Å². The van der Waals surface area contributed by atoms with E-state index in [-0.39, 0.29) is 24.3 Å². The van der Waals surface area contributed by atoms with Gasteiger partial charge in [0.2, 0.25) is 0 Å². The second-order valence-electron chi connectivity index (χ2n) is 10.1. The summed E-state index contributed by atoms with van der Waals surface area (Å²) in [4.78, 5) is 15.9. The lowest BCUT2D eigenvalue weighted by molar-refractivity contribution is -0.139. The molecule has 1 aliphatic heterocycles. The third-order valence-corrected chi connectivity index (χ3v) is 7.22. The molecule has 0 saturated heterocycles. The number of ether oxygens (including phenoxy) is 1. The van der Waals surface area contributed by atoms with E-state index in [9.17, 15) is 13.6 Å². The molecule has 1 aliphatic rings. The quantitative estimate of drug-likeness (QED) is 0.241. The zero-order chi connectivity index (χ0) is 28.2. The van der Waals surface area contributed by atoms with E-state index in [4.69, 9.17) is 4.74 Å². The zero-order valence-corrected chi connectivity index (χ0v) is 22.8. The fraction of sp³-hybridized carbons (Fsp3) is 0.206. The van der Waals surface area contributed by atoms with Crippen molar-refractivity contribution in [3.8, 4) is 0 Å². The molecule has 0 aliphatic carbocycles. The van der Waals surface area contributed by atoms with Crippen molar-refractivity contribution in [2.75, 3.05) is 16.8 Å². The van der Waals surface area contributed by atoms with Crippen molar-refractivity contribution in [3.63, 3.8) is 0 Å². The number of carbonyl (C=O) groups is 1. The van der Waals surface area contributed by atoms with E-state index >= 15 is 0 Å². The molecule has 204 valence electrons. The first-order valence-corrected chi connectivity index (χ1v) is 13.4. The molecule has 5 rings (SSSR count). The summed E-state index contributed by atoms with van der Waals surface area (Å²) in [6, 6.07) is 28.1. The van der Waals surface area contributed by atoms with Crippen molar-refractivity contribution in [2.24, 2.45) is 0 Å².